The number of amides is 2. The van der Waals surface area contributed by atoms with Crippen molar-refractivity contribution in [3.05, 3.63) is 95.8 Å². The number of fused-ring (bicyclic) bond motifs is 1. The Hall–Kier alpha value is -4.34. The van der Waals surface area contributed by atoms with E-state index in [9.17, 15) is 9.59 Å². The summed E-state index contributed by atoms with van der Waals surface area (Å²) in [4.78, 5) is 39.5. The van der Waals surface area contributed by atoms with Crippen molar-refractivity contribution >= 4 is 39.3 Å². The minimum Gasteiger partial charge on any atom is -0.340 e. The summed E-state index contributed by atoms with van der Waals surface area (Å²) in [5, 5.41) is 3.06. The standard InChI is InChI=1S/C34H36N6O2S/c1-38-17-19-39(20-18-38)32(41)14-7-2-4-11-28-23-40(29-12-5-3-6-13-29)34(36-28)37-33(42)27-10-8-9-25(21-27)26-15-16-30-31(22-26)43-24-35-30/h3,5-6,8-10,12-13,15-16,21-24H,2,4,7,11,14,17-20H2,1H3,(H,36,37,42). The maximum absolute atomic E-state index is 13.5. The molecule has 0 atom stereocenters. The first-order valence-electron chi connectivity index (χ1n) is 14.9. The molecule has 1 N–H and O–H groups in total. The van der Waals surface area contributed by atoms with Crippen LogP contribution in [0.5, 0.6) is 0 Å². The summed E-state index contributed by atoms with van der Waals surface area (Å²) in [5.41, 5.74) is 7.25. The number of benzene rings is 3. The van der Waals surface area contributed by atoms with Gasteiger partial charge in [-0.2, -0.15) is 0 Å². The largest absolute Gasteiger partial charge is 0.340 e. The van der Waals surface area contributed by atoms with Crippen LogP contribution in [0, 0.1) is 0 Å². The van der Waals surface area contributed by atoms with Crippen molar-refractivity contribution in [3.8, 4) is 16.8 Å². The summed E-state index contributed by atoms with van der Waals surface area (Å²) in [6.45, 7) is 3.55. The third kappa shape index (κ3) is 7.01. The molecule has 43 heavy (non-hydrogen) atoms. The lowest BCUT2D eigenvalue weighted by Gasteiger charge is -2.32. The number of nitrogens with one attached hydrogen (secondary N) is 1. The smallest absolute Gasteiger partial charge is 0.258 e. The Kier molecular flexibility index (Phi) is 8.91. The van der Waals surface area contributed by atoms with Crippen molar-refractivity contribution in [3.63, 3.8) is 0 Å². The zero-order valence-electron chi connectivity index (χ0n) is 24.4. The highest BCUT2D eigenvalue weighted by atomic mass is 32.1. The van der Waals surface area contributed by atoms with Gasteiger partial charge >= 0.3 is 0 Å². The third-order valence-corrected chi connectivity index (χ3v) is 8.78. The second kappa shape index (κ2) is 13.3. The fourth-order valence-corrected chi connectivity index (χ4v) is 6.16. The minimum atomic E-state index is -0.211. The molecular weight excluding hydrogens is 556 g/mol. The van der Waals surface area contributed by atoms with Crippen LogP contribution in [-0.4, -0.2) is 69.4 Å². The van der Waals surface area contributed by atoms with Crippen LogP contribution in [-0.2, 0) is 11.2 Å². The summed E-state index contributed by atoms with van der Waals surface area (Å²) in [6, 6.07) is 23.7. The Morgan fingerprint density at radius 1 is 0.884 bits per heavy atom. The van der Waals surface area contributed by atoms with Crippen molar-refractivity contribution in [2.75, 3.05) is 38.5 Å². The molecule has 8 nitrogen and oxygen atoms in total. The number of anilines is 1. The fraction of sp³-hybridized carbons (Fsp3) is 0.294. The van der Waals surface area contributed by atoms with Gasteiger partial charge < -0.3 is 9.80 Å². The lowest BCUT2D eigenvalue weighted by Crippen LogP contribution is -2.47. The number of imidazole rings is 1. The van der Waals surface area contributed by atoms with Gasteiger partial charge in [-0.25, -0.2) is 9.97 Å². The topological polar surface area (TPSA) is 83.4 Å². The van der Waals surface area contributed by atoms with Crippen molar-refractivity contribution in [2.24, 2.45) is 0 Å². The number of piperazine rings is 1. The van der Waals surface area contributed by atoms with Crippen LogP contribution >= 0.6 is 11.3 Å². The van der Waals surface area contributed by atoms with Gasteiger partial charge in [-0.15, -0.1) is 11.3 Å². The molecule has 1 fully saturated rings. The minimum absolute atomic E-state index is 0.211. The number of rotatable bonds is 10. The van der Waals surface area contributed by atoms with E-state index in [1.165, 1.54) is 0 Å². The SMILES string of the molecule is CN1CCN(C(=O)CCCCCc2cn(-c3ccccc3)c(NC(=O)c3cccc(-c4ccc5ncsc5c4)c3)n2)CC1. The van der Waals surface area contributed by atoms with E-state index in [2.05, 4.69) is 28.3 Å². The summed E-state index contributed by atoms with van der Waals surface area (Å²) < 4.78 is 3.05. The van der Waals surface area contributed by atoms with Crippen molar-refractivity contribution in [1.82, 2.24) is 24.3 Å². The van der Waals surface area contributed by atoms with E-state index >= 15 is 0 Å². The van der Waals surface area contributed by atoms with Crippen molar-refractivity contribution in [1.29, 1.82) is 0 Å². The molecule has 1 aliphatic rings. The lowest BCUT2D eigenvalue weighted by atomic mass is 10.0. The van der Waals surface area contributed by atoms with Gasteiger partial charge in [-0.3, -0.25) is 19.5 Å². The van der Waals surface area contributed by atoms with E-state index in [0.717, 1.165) is 84.6 Å². The van der Waals surface area contributed by atoms with Crippen molar-refractivity contribution < 1.29 is 9.59 Å². The maximum atomic E-state index is 13.5. The third-order valence-electron chi connectivity index (χ3n) is 7.98. The summed E-state index contributed by atoms with van der Waals surface area (Å²) in [7, 11) is 2.10. The highest BCUT2D eigenvalue weighted by molar-refractivity contribution is 7.16. The van der Waals surface area contributed by atoms with E-state index in [1.54, 1.807) is 11.3 Å². The summed E-state index contributed by atoms with van der Waals surface area (Å²) >= 11 is 1.61. The Bertz CT molecular complexity index is 1700. The number of carbonyl (C=O) groups excluding carboxylic acids is 2. The molecule has 1 saturated heterocycles. The van der Waals surface area contributed by atoms with Gasteiger partial charge in [0.2, 0.25) is 11.9 Å². The second-order valence-corrected chi connectivity index (χ2v) is 12.0. The Morgan fingerprint density at radius 2 is 1.70 bits per heavy atom. The molecule has 6 rings (SSSR count). The molecule has 3 heterocycles. The average molecular weight is 593 g/mol. The number of para-hydroxylation sites is 1. The molecule has 0 unspecified atom stereocenters. The number of unbranched alkanes of at least 4 members (excludes halogenated alkanes) is 2. The van der Waals surface area contributed by atoms with Gasteiger partial charge in [-0.1, -0.05) is 42.8 Å². The highest BCUT2D eigenvalue weighted by Gasteiger charge is 2.19. The van der Waals surface area contributed by atoms with Crippen LogP contribution in [0.1, 0.15) is 41.7 Å². The molecule has 3 aromatic carbocycles. The molecule has 2 aromatic heterocycles. The highest BCUT2D eigenvalue weighted by Crippen LogP contribution is 2.27. The lowest BCUT2D eigenvalue weighted by molar-refractivity contribution is -0.132. The Balaban J connectivity index is 1.11. The van der Waals surface area contributed by atoms with Crippen LogP contribution in [0.3, 0.4) is 0 Å². The average Bonchev–Trinajstić information content (AvgIpc) is 3.68. The number of carbonyl (C=O) groups is 2. The number of nitrogens with zero attached hydrogens (tertiary/aromatic N) is 5. The molecule has 0 radical (unpaired) electrons. The van der Waals surface area contributed by atoms with Gasteiger partial charge in [0.05, 0.1) is 21.4 Å². The van der Waals surface area contributed by atoms with Crippen LogP contribution in [0.25, 0.3) is 27.0 Å². The number of thiazole rings is 1. The zero-order chi connectivity index (χ0) is 29.6. The van der Waals surface area contributed by atoms with Crippen LogP contribution < -0.4 is 5.32 Å². The zero-order valence-corrected chi connectivity index (χ0v) is 25.2. The number of hydrogen-bond donors (Lipinski definition) is 1. The number of hydrogen-bond acceptors (Lipinski definition) is 6. The summed E-state index contributed by atoms with van der Waals surface area (Å²) in [5.74, 6) is 0.546. The van der Waals surface area contributed by atoms with E-state index < -0.39 is 0 Å². The second-order valence-electron chi connectivity index (χ2n) is 11.1. The predicted octanol–water partition coefficient (Wildman–Crippen LogP) is 6.28. The predicted molar refractivity (Wildman–Crippen MR) is 173 cm³/mol. The van der Waals surface area contributed by atoms with Crippen LogP contribution in [0.15, 0.2) is 84.5 Å². The molecule has 2 amide bonds. The van der Waals surface area contributed by atoms with Crippen molar-refractivity contribution in [2.45, 2.75) is 32.1 Å². The maximum Gasteiger partial charge on any atom is 0.258 e. The first kappa shape index (κ1) is 28.8. The molecule has 220 valence electrons. The van der Waals surface area contributed by atoms with Gasteiger partial charge in [0.25, 0.3) is 5.91 Å². The number of aromatic nitrogens is 3. The molecule has 0 bridgehead atoms. The molecule has 0 spiro atoms. The molecule has 5 aromatic rings. The number of likely N-dealkylation sites (N-methyl/N-ethyl adjacent to an activating group) is 1. The van der Waals surface area contributed by atoms with Crippen LogP contribution in [0.4, 0.5) is 5.95 Å². The Labute approximate surface area is 256 Å². The van der Waals surface area contributed by atoms with Gasteiger partial charge in [0.15, 0.2) is 0 Å². The van der Waals surface area contributed by atoms with E-state index in [4.69, 9.17) is 4.98 Å². The normalized spacial score (nSPS) is 13.8. The summed E-state index contributed by atoms with van der Waals surface area (Å²) in [6.07, 6.45) is 6.14. The van der Waals surface area contributed by atoms with E-state index in [-0.39, 0.29) is 11.8 Å². The molecule has 9 heteroatoms. The fourth-order valence-electron chi connectivity index (χ4n) is 5.44. The van der Waals surface area contributed by atoms with Gasteiger partial charge in [0.1, 0.15) is 0 Å². The van der Waals surface area contributed by atoms with Gasteiger partial charge in [0, 0.05) is 50.0 Å². The number of aryl methyl sites for hydroxylation is 1. The molecular formula is C34H36N6O2S. The molecule has 0 aliphatic carbocycles. The monoisotopic (exact) mass is 592 g/mol. The van der Waals surface area contributed by atoms with Gasteiger partial charge in [-0.05, 0) is 73.8 Å². The quantitative estimate of drug-likeness (QED) is 0.193. The first-order chi connectivity index (χ1) is 21.0. The van der Waals surface area contributed by atoms with E-state index in [0.29, 0.717) is 17.9 Å². The Morgan fingerprint density at radius 3 is 2.53 bits per heavy atom. The van der Waals surface area contributed by atoms with E-state index in [1.807, 2.05) is 87.9 Å². The first-order valence-corrected chi connectivity index (χ1v) is 15.8. The molecule has 1 aliphatic heterocycles. The molecule has 0 saturated carbocycles. The van der Waals surface area contributed by atoms with Crippen LogP contribution in [0.2, 0.25) is 0 Å².